The Hall–Kier alpha value is -0.870. The molecule has 0 aliphatic carbocycles. The van der Waals surface area contributed by atoms with E-state index in [-0.39, 0.29) is 5.41 Å². The zero-order valence-corrected chi connectivity index (χ0v) is 13.5. The van der Waals surface area contributed by atoms with Gasteiger partial charge in [0.2, 0.25) is 0 Å². The van der Waals surface area contributed by atoms with Crippen molar-refractivity contribution in [3.05, 3.63) is 69.3 Å². The lowest BCUT2D eigenvalue weighted by atomic mass is 9.77. The van der Waals surface area contributed by atoms with Crippen LogP contribution in [0.25, 0.3) is 0 Å². The standard InChI is InChI=1S/C17H19IO/c1-17(2,14-6-4-3-5-7-14)16(19)12-13-8-10-15(18)11-9-13/h3-11,16,19H,12H2,1-2H3. The summed E-state index contributed by atoms with van der Waals surface area (Å²) in [6, 6.07) is 18.6. The van der Waals surface area contributed by atoms with Crippen LogP contribution in [0.15, 0.2) is 54.6 Å². The molecular weight excluding hydrogens is 347 g/mol. The Morgan fingerprint density at radius 1 is 1.00 bits per heavy atom. The third-order valence-corrected chi connectivity index (χ3v) is 4.41. The van der Waals surface area contributed by atoms with E-state index < -0.39 is 6.10 Å². The lowest BCUT2D eigenvalue weighted by Crippen LogP contribution is -2.35. The maximum Gasteiger partial charge on any atom is 0.0671 e. The molecule has 2 aromatic rings. The van der Waals surface area contributed by atoms with Gasteiger partial charge in [-0.15, -0.1) is 0 Å². The molecule has 0 bridgehead atoms. The number of hydrogen-bond donors (Lipinski definition) is 1. The van der Waals surface area contributed by atoms with Crippen molar-refractivity contribution in [3.63, 3.8) is 0 Å². The number of hydrogen-bond acceptors (Lipinski definition) is 1. The summed E-state index contributed by atoms with van der Waals surface area (Å²) in [7, 11) is 0. The van der Waals surface area contributed by atoms with Crippen LogP contribution in [0.5, 0.6) is 0 Å². The van der Waals surface area contributed by atoms with Gasteiger partial charge in [0, 0.05) is 8.99 Å². The smallest absolute Gasteiger partial charge is 0.0671 e. The van der Waals surface area contributed by atoms with Gasteiger partial charge in [-0.3, -0.25) is 0 Å². The number of halogens is 1. The second-order valence-electron chi connectivity index (χ2n) is 5.43. The molecule has 2 rings (SSSR count). The molecule has 19 heavy (non-hydrogen) atoms. The molecule has 0 spiro atoms. The van der Waals surface area contributed by atoms with Gasteiger partial charge in [-0.25, -0.2) is 0 Å². The van der Waals surface area contributed by atoms with Gasteiger partial charge in [-0.1, -0.05) is 56.3 Å². The zero-order chi connectivity index (χ0) is 13.9. The first kappa shape index (κ1) is 14.5. The van der Waals surface area contributed by atoms with Gasteiger partial charge in [-0.2, -0.15) is 0 Å². The molecule has 0 aliphatic rings. The molecule has 1 N–H and O–H groups in total. The predicted molar refractivity (Wildman–Crippen MR) is 88.3 cm³/mol. The van der Waals surface area contributed by atoms with Crippen molar-refractivity contribution in [2.75, 3.05) is 0 Å². The second kappa shape index (κ2) is 6.06. The van der Waals surface area contributed by atoms with Crippen LogP contribution in [-0.2, 0) is 11.8 Å². The summed E-state index contributed by atoms with van der Waals surface area (Å²) in [6.07, 6.45) is 0.286. The Balaban J connectivity index is 2.15. The van der Waals surface area contributed by atoms with Crippen molar-refractivity contribution < 1.29 is 5.11 Å². The van der Waals surface area contributed by atoms with E-state index in [0.717, 1.165) is 0 Å². The Morgan fingerprint density at radius 2 is 1.58 bits per heavy atom. The minimum Gasteiger partial charge on any atom is -0.392 e. The Labute approximate surface area is 128 Å². The molecule has 0 fully saturated rings. The van der Waals surface area contributed by atoms with E-state index in [2.05, 4.69) is 72.8 Å². The SMILES string of the molecule is CC(C)(c1ccccc1)C(O)Cc1ccc(I)cc1. The van der Waals surface area contributed by atoms with Gasteiger partial charge in [0.1, 0.15) is 0 Å². The van der Waals surface area contributed by atoms with Gasteiger partial charge in [0.25, 0.3) is 0 Å². The summed E-state index contributed by atoms with van der Waals surface area (Å²) in [6.45, 7) is 4.19. The fourth-order valence-electron chi connectivity index (χ4n) is 2.16. The van der Waals surface area contributed by atoms with Crippen LogP contribution in [0.1, 0.15) is 25.0 Å². The molecule has 0 radical (unpaired) electrons. The molecule has 0 heterocycles. The molecule has 100 valence electrons. The van der Waals surface area contributed by atoms with Crippen LogP contribution in [0.3, 0.4) is 0 Å². The fraction of sp³-hybridized carbons (Fsp3) is 0.294. The molecule has 0 saturated carbocycles. The number of aliphatic hydroxyl groups is 1. The highest BCUT2D eigenvalue weighted by Crippen LogP contribution is 2.29. The quantitative estimate of drug-likeness (QED) is 0.806. The summed E-state index contributed by atoms with van der Waals surface area (Å²) >= 11 is 2.29. The average Bonchev–Trinajstić information content (AvgIpc) is 2.42. The van der Waals surface area contributed by atoms with Gasteiger partial charge in [0.15, 0.2) is 0 Å². The first-order valence-electron chi connectivity index (χ1n) is 6.48. The van der Waals surface area contributed by atoms with Crippen LogP contribution in [0.2, 0.25) is 0 Å². The highest BCUT2D eigenvalue weighted by molar-refractivity contribution is 14.1. The minimum atomic E-state index is -0.394. The van der Waals surface area contributed by atoms with Crippen molar-refractivity contribution in [3.8, 4) is 0 Å². The molecule has 0 aliphatic heterocycles. The topological polar surface area (TPSA) is 20.2 Å². The van der Waals surface area contributed by atoms with E-state index in [1.807, 2.05) is 18.2 Å². The van der Waals surface area contributed by atoms with E-state index >= 15 is 0 Å². The molecular formula is C17H19IO. The third-order valence-electron chi connectivity index (χ3n) is 3.69. The van der Waals surface area contributed by atoms with Crippen molar-refractivity contribution in [2.45, 2.75) is 31.8 Å². The normalized spacial score (nSPS) is 13.3. The van der Waals surface area contributed by atoms with Crippen LogP contribution >= 0.6 is 22.6 Å². The highest BCUT2D eigenvalue weighted by atomic mass is 127. The molecule has 1 atom stereocenters. The summed E-state index contributed by atoms with van der Waals surface area (Å²) in [5.74, 6) is 0. The number of rotatable bonds is 4. The van der Waals surface area contributed by atoms with E-state index in [4.69, 9.17) is 0 Å². The van der Waals surface area contributed by atoms with E-state index in [9.17, 15) is 5.11 Å². The van der Waals surface area contributed by atoms with E-state index in [0.29, 0.717) is 6.42 Å². The van der Waals surface area contributed by atoms with Crippen molar-refractivity contribution in [1.29, 1.82) is 0 Å². The number of aliphatic hydroxyl groups excluding tert-OH is 1. The molecule has 0 saturated heterocycles. The molecule has 0 aromatic heterocycles. The maximum absolute atomic E-state index is 10.6. The van der Waals surface area contributed by atoms with Crippen molar-refractivity contribution in [1.82, 2.24) is 0 Å². The summed E-state index contributed by atoms with van der Waals surface area (Å²) in [4.78, 5) is 0. The molecule has 1 nitrogen and oxygen atoms in total. The van der Waals surface area contributed by atoms with Gasteiger partial charge in [-0.05, 0) is 52.3 Å². The minimum absolute atomic E-state index is 0.246. The summed E-state index contributed by atoms with van der Waals surface area (Å²) in [5, 5.41) is 10.6. The van der Waals surface area contributed by atoms with Crippen LogP contribution in [0.4, 0.5) is 0 Å². The molecule has 2 heteroatoms. The zero-order valence-electron chi connectivity index (χ0n) is 11.3. The lowest BCUT2D eigenvalue weighted by Gasteiger charge is -2.31. The van der Waals surface area contributed by atoms with Crippen LogP contribution in [0, 0.1) is 3.57 Å². The molecule has 2 aromatic carbocycles. The number of benzene rings is 2. The van der Waals surface area contributed by atoms with E-state index in [1.54, 1.807) is 0 Å². The van der Waals surface area contributed by atoms with Crippen LogP contribution in [-0.4, -0.2) is 11.2 Å². The average molecular weight is 366 g/mol. The first-order chi connectivity index (χ1) is 9.00. The lowest BCUT2D eigenvalue weighted by molar-refractivity contribution is 0.1000. The predicted octanol–water partition coefficient (Wildman–Crippen LogP) is 4.17. The van der Waals surface area contributed by atoms with Crippen molar-refractivity contribution in [2.24, 2.45) is 0 Å². The Kier molecular flexibility index (Phi) is 4.63. The van der Waals surface area contributed by atoms with Gasteiger partial charge >= 0.3 is 0 Å². The Morgan fingerprint density at radius 3 is 2.16 bits per heavy atom. The van der Waals surface area contributed by atoms with Crippen LogP contribution < -0.4 is 0 Å². The summed E-state index contributed by atoms with van der Waals surface area (Å²) < 4.78 is 1.22. The Bertz CT molecular complexity index is 517. The second-order valence-corrected chi connectivity index (χ2v) is 6.68. The largest absolute Gasteiger partial charge is 0.392 e. The van der Waals surface area contributed by atoms with Crippen molar-refractivity contribution >= 4 is 22.6 Å². The first-order valence-corrected chi connectivity index (χ1v) is 7.56. The molecule has 1 unspecified atom stereocenters. The molecule has 0 amide bonds. The maximum atomic E-state index is 10.6. The van der Waals surface area contributed by atoms with Gasteiger partial charge < -0.3 is 5.11 Å². The third kappa shape index (κ3) is 3.57. The monoisotopic (exact) mass is 366 g/mol. The fourth-order valence-corrected chi connectivity index (χ4v) is 2.52. The van der Waals surface area contributed by atoms with E-state index in [1.165, 1.54) is 14.7 Å². The van der Waals surface area contributed by atoms with Gasteiger partial charge in [0.05, 0.1) is 6.10 Å². The highest BCUT2D eigenvalue weighted by Gasteiger charge is 2.29. The summed E-state index contributed by atoms with van der Waals surface area (Å²) in [5.41, 5.74) is 2.11.